The third kappa shape index (κ3) is 1.89. The van der Waals surface area contributed by atoms with Gasteiger partial charge in [-0.05, 0) is 12.1 Å². The summed E-state index contributed by atoms with van der Waals surface area (Å²) in [6, 6.07) is 7.44. The highest BCUT2D eigenvalue weighted by molar-refractivity contribution is 7.85. The lowest BCUT2D eigenvalue weighted by Gasteiger charge is -2.30. The maximum Gasteiger partial charge on any atom is 0.229 e. The molecule has 0 saturated carbocycles. The van der Waals surface area contributed by atoms with Crippen LogP contribution in [0.4, 0.5) is 5.69 Å². The number of rotatable bonds is 1. The zero-order valence-corrected chi connectivity index (χ0v) is 10.3. The Labute approximate surface area is 97.9 Å². The van der Waals surface area contributed by atoms with Crippen LogP contribution in [0.2, 0.25) is 0 Å². The van der Waals surface area contributed by atoms with E-state index < -0.39 is 10.8 Å². The molecule has 1 aromatic carbocycles. The summed E-state index contributed by atoms with van der Waals surface area (Å²) < 4.78 is 11.8. The number of amides is 1. The van der Waals surface area contributed by atoms with E-state index in [9.17, 15) is 9.00 Å². The molecule has 1 aromatic rings. The SMILES string of the molecule is CC(C)C(=O)N1CCS(=O)c2ccccc21. The van der Waals surface area contributed by atoms with Gasteiger partial charge in [-0.15, -0.1) is 0 Å². The molecule has 0 saturated heterocycles. The summed E-state index contributed by atoms with van der Waals surface area (Å²) in [5.74, 6) is 0.610. The van der Waals surface area contributed by atoms with Gasteiger partial charge >= 0.3 is 0 Å². The molecule has 0 fully saturated rings. The molecule has 4 heteroatoms. The molecule has 0 aliphatic carbocycles. The smallest absolute Gasteiger partial charge is 0.229 e. The quantitative estimate of drug-likeness (QED) is 0.747. The first-order valence-corrected chi connectivity index (χ1v) is 6.72. The highest BCUT2D eigenvalue weighted by atomic mass is 32.2. The van der Waals surface area contributed by atoms with Crippen molar-refractivity contribution in [2.75, 3.05) is 17.2 Å². The molecule has 1 aliphatic rings. The fourth-order valence-electron chi connectivity index (χ4n) is 1.82. The molecule has 86 valence electrons. The summed E-state index contributed by atoms with van der Waals surface area (Å²) in [7, 11) is -0.959. The van der Waals surface area contributed by atoms with Crippen LogP contribution in [0.1, 0.15) is 13.8 Å². The van der Waals surface area contributed by atoms with Crippen molar-refractivity contribution in [1.29, 1.82) is 0 Å². The summed E-state index contributed by atoms with van der Waals surface area (Å²) in [5, 5.41) is 0. The third-order valence-corrected chi connectivity index (χ3v) is 4.05. The predicted octanol–water partition coefficient (Wildman–Crippen LogP) is 1.80. The zero-order valence-electron chi connectivity index (χ0n) is 9.47. The van der Waals surface area contributed by atoms with Gasteiger partial charge in [-0.2, -0.15) is 0 Å². The predicted molar refractivity (Wildman–Crippen MR) is 64.9 cm³/mol. The van der Waals surface area contributed by atoms with Gasteiger partial charge in [-0.3, -0.25) is 9.00 Å². The van der Waals surface area contributed by atoms with Crippen molar-refractivity contribution in [3.63, 3.8) is 0 Å². The van der Waals surface area contributed by atoms with Crippen molar-refractivity contribution in [3.05, 3.63) is 24.3 Å². The Kier molecular flexibility index (Phi) is 3.10. The summed E-state index contributed by atoms with van der Waals surface area (Å²) in [6.45, 7) is 4.33. The fraction of sp³-hybridized carbons (Fsp3) is 0.417. The summed E-state index contributed by atoms with van der Waals surface area (Å²) in [5.41, 5.74) is 0.811. The molecule has 16 heavy (non-hydrogen) atoms. The van der Waals surface area contributed by atoms with Crippen LogP contribution < -0.4 is 4.90 Å². The maximum atomic E-state index is 12.0. The Morgan fingerprint density at radius 2 is 2.06 bits per heavy atom. The standard InChI is InChI=1S/C12H15NO2S/c1-9(2)12(14)13-7-8-16(15)11-6-4-3-5-10(11)13/h3-6,9H,7-8H2,1-2H3. The number of fused-ring (bicyclic) bond motifs is 1. The molecule has 0 bridgehead atoms. The molecule has 0 aromatic heterocycles. The summed E-state index contributed by atoms with van der Waals surface area (Å²) in [6.07, 6.45) is 0. The van der Waals surface area contributed by atoms with E-state index in [1.54, 1.807) is 4.90 Å². The van der Waals surface area contributed by atoms with Gasteiger partial charge in [-0.25, -0.2) is 0 Å². The summed E-state index contributed by atoms with van der Waals surface area (Å²) in [4.78, 5) is 14.5. The molecule has 1 unspecified atom stereocenters. The lowest BCUT2D eigenvalue weighted by atomic mass is 10.1. The van der Waals surface area contributed by atoms with Crippen LogP contribution in [0.25, 0.3) is 0 Å². The Balaban J connectivity index is 2.42. The lowest BCUT2D eigenvalue weighted by molar-refractivity contribution is -0.121. The Morgan fingerprint density at radius 1 is 1.38 bits per heavy atom. The van der Waals surface area contributed by atoms with E-state index in [-0.39, 0.29) is 11.8 Å². The largest absolute Gasteiger partial charge is 0.310 e. The molecule has 0 spiro atoms. The minimum Gasteiger partial charge on any atom is -0.310 e. The van der Waals surface area contributed by atoms with Crippen molar-refractivity contribution in [1.82, 2.24) is 0 Å². The van der Waals surface area contributed by atoms with Crippen LogP contribution in [0.5, 0.6) is 0 Å². The van der Waals surface area contributed by atoms with Gasteiger partial charge in [0.05, 0.1) is 21.4 Å². The average molecular weight is 237 g/mol. The minimum absolute atomic E-state index is 0.0282. The molecule has 3 nitrogen and oxygen atoms in total. The minimum atomic E-state index is -0.959. The topological polar surface area (TPSA) is 37.4 Å². The van der Waals surface area contributed by atoms with Crippen molar-refractivity contribution in [2.24, 2.45) is 5.92 Å². The van der Waals surface area contributed by atoms with Gasteiger partial charge in [0.25, 0.3) is 0 Å². The van der Waals surface area contributed by atoms with Gasteiger partial charge in [-0.1, -0.05) is 26.0 Å². The van der Waals surface area contributed by atoms with Gasteiger partial charge in [0, 0.05) is 18.2 Å². The average Bonchev–Trinajstić information content (AvgIpc) is 2.29. The molecule has 1 atom stereocenters. The zero-order chi connectivity index (χ0) is 11.7. The molecule has 1 amide bonds. The second kappa shape index (κ2) is 4.37. The molecule has 1 aliphatic heterocycles. The Hall–Kier alpha value is -1.16. The molecule has 0 N–H and O–H groups in total. The van der Waals surface area contributed by atoms with Crippen LogP contribution in [0.15, 0.2) is 29.2 Å². The third-order valence-electron chi connectivity index (χ3n) is 2.66. The van der Waals surface area contributed by atoms with Gasteiger partial charge in [0.2, 0.25) is 5.91 Å². The van der Waals surface area contributed by atoms with E-state index in [1.807, 2.05) is 38.1 Å². The van der Waals surface area contributed by atoms with Crippen molar-refractivity contribution >= 4 is 22.4 Å². The van der Waals surface area contributed by atoms with Crippen LogP contribution in [0.3, 0.4) is 0 Å². The molecular formula is C12H15NO2S. The van der Waals surface area contributed by atoms with Crippen LogP contribution in [-0.2, 0) is 15.6 Å². The Morgan fingerprint density at radius 3 is 2.75 bits per heavy atom. The van der Waals surface area contributed by atoms with Crippen molar-refractivity contribution < 1.29 is 9.00 Å². The van der Waals surface area contributed by atoms with E-state index in [4.69, 9.17) is 0 Å². The van der Waals surface area contributed by atoms with Crippen molar-refractivity contribution in [2.45, 2.75) is 18.7 Å². The first-order valence-electron chi connectivity index (χ1n) is 5.40. The van der Waals surface area contributed by atoms with Crippen molar-refractivity contribution in [3.8, 4) is 0 Å². The highest BCUT2D eigenvalue weighted by Crippen LogP contribution is 2.28. The van der Waals surface area contributed by atoms with E-state index in [0.717, 1.165) is 10.6 Å². The normalized spacial score (nSPS) is 19.7. The number of hydrogen-bond donors (Lipinski definition) is 0. The fourth-order valence-corrected chi connectivity index (χ4v) is 3.03. The van der Waals surface area contributed by atoms with Crippen LogP contribution in [0, 0.1) is 5.92 Å². The van der Waals surface area contributed by atoms with E-state index >= 15 is 0 Å². The van der Waals surface area contributed by atoms with Gasteiger partial charge in [0.1, 0.15) is 0 Å². The second-order valence-corrected chi connectivity index (χ2v) is 5.70. The summed E-state index contributed by atoms with van der Waals surface area (Å²) >= 11 is 0. The second-order valence-electron chi connectivity index (χ2n) is 4.16. The molecular weight excluding hydrogens is 222 g/mol. The number of hydrogen-bond acceptors (Lipinski definition) is 2. The van der Waals surface area contributed by atoms with E-state index in [0.29, 0.717) is 12.3 Å². The van der Waals surface area contributed by atoms with Gasteiger partial charge in [0.15, 0.2) is 0 Å². The Bertz CT molecular complexity index is 442. The first-order chi connectivity index (χ1) is 7.61. The monoisotopic (exact) mass is 237 g/mol. The number of carbonyl (C=O) groups excluding carboxylic acids is 1. The number of anilines is 1. The highest BCUT2D eigenvalue weighted by Gasteiger charge is 2.27. The number of carbonyl (C=O) groups is 1. The molecule has 1 heterocycles. The first kappa shape index (κ1) is 11.3. The molecule has 0 radical (unpaired) electrons. The van der Waals surface area contributed by atoms with E-state index in [2.05, 4.69) is 0 Å². The number of benzene rings is 1. The van der Waals surface area contributed by atoms with Crippen LogP contribution in [-0.4, -0.2) is 22.4 Å². The van der Waals surface area contributed by atoms with E-state index in [1.165, 1.54) is 0 Å². The maximum absolute atomic E-state index is 12.0. The van der Waals surface area contributed by atoms with Gasteiger partial charge < -0.3 is 4.90 Å². The number of nitrogens with zero attached hydrogens (tertiary/aromatic N) is 1. The lowest BCUT2D eigenvalue weighted by Crippen LogP contribution is -2.40. The number of para-hydroxylation sites is 1. The van der Waals surface area contributed by atoms with Crippen LogP contribution >= 0.6 is 0 Å². The molecule has 2 rings (SSSR count).